The molecule has 2 N–H and O–H groups in total. The van der Waals surface area contributed by atoms with E-state index in [9.17, 15) is 14.4 Å². The molecule has 0 bridgehead atoms. The zero-order valence-electron chi connectivity index (χ0n) is 19.7. The van der Waals surface area contributed by atoms with E-state index in [1.807, 2.05) is 42.5 Å². The van der Waals surface area contributed by atoms with E-state index in [1.54, 1.807) is 27.1 Å². The van der Waals surface area contributed by atoms with Crippen LogP contribution in [0, 0.1) is 0 Å². The van der Waals surface area contributed by atoms with E-state index in [-0.39, 0.29) is 36.3 Å². The third kappa shape index (κ3) is 4.93. The second kappa shape index (κ2) is 9.91. The monoisotopic (exact) mass is 539 g/mol. The summed E-state index contributed by atoms with van der Waals surface area (Å²) in [5, 5.41) is 10.1. The number of nitrogens with zero attached hydrogens (tertiary/aromatic N) is 3. The zero-order chi connectivity index (χ0) is 25.2. The molecule has 35 heavy (non-hydrogen) atoms. The minimum absolute atomic E-state index is 0.102. The molecule has 0 aliphatic carbocycles. The molecule has 182 valence electrons. The van der Waals surface area contributed by atoms with Crippen LogP contribution in [0.4, 0.5) is 0 Å². The molecule has 1 aliphatic heterocycles. The molecule has 2 aromatic carbocycles. The van der Waals surface area contributed by atoms with Crippen molar-refractivity contribution in [2.45, 2.75) is 32.1 Å². The maximum absolute atomic E-state index is 13.1. The Labute approximate surface area is 211 Å². The quantitative estimate of drug-likeness (QED) is 0.480. The third-order valence-electron chi connectivity index (χ3n) is 6.20. The van der Waals surface area contributed by atoms with Crippen LogP contribution in [0.2, 0.25) is 0 Å². The van der Waals surface area contributed by atoms with Crippen LogP contribution in [0.5, 0.6) is 5.75 Å². The van der Waals surface area contributed by atoms with Crippen LogP contribution < -0.4 is 15.4 Å². The number of hydrogen-bond acceptors (Lipinski definition) is 5. The maximum Gasteiger partial charge on any atom is 0.272 e. The second-order valence-corrected chi connectivity index (χ2v) is 9.43. The van der Waals surface area contributed by atoms with Crippen LogP contribution in [0.15, 0.2) is 59.1 Å². The number of amides is 3. The number of benzene rings is 2. The molecule has 10 heteroatoms. The van der Waals surface area contributed by atoms with Crippen LogP contribution in [0.25, 0.3) is 0 Å². The molecule has 1 aromatic heterocycles. The summed E-state index contributed by atoms with van der Waals surface area (Å²) in [7, 11) is 3.15. The van der Waals surface area contributed by atoms with Gasteiger partial charge in [-0.05, 0) is 30.7 Å². The van der Waals surface area contributed by atoms with Gasteiger partial charge in [0.2, 0.25) is 5.91 Å². The molecule has 4 rings (SSSR count). The molecule has 1 atom stereocenters. The van der Waals surface area contributed by atoms with Crippen molar-refractivity contribution >= 4 is 33.7 Å². The molecular formula is C25H26BrN5O4. The lowest BCUT2D eigenvalue weighted by Gasteiger charge is -2.40. The Morgan fingerprint density at radius 3 is 2.57 bits per heavy atom. The van der Waals surface area contributed by atoms with E-state index in [1.165, 1.54) is 15.6 Å². The molecule has 0 saturated heterocycles. The van der Waals surface area contributed by atoms with Crippen molar-refractivity contribution in [1.29, 1.82) is 0 Å². The Bertz CT molecular complexity index is 1280. The van der Waals surface area contributed by atoms with Crippen molar-refractivity contribution in [3.8, 4) is 5.75 Å². The number of fused-ring (bicyclic) bond motifs is 1. The third-order valence-corrected chi connectivity index (χ3v) is 6.69. The van der Waals surface area contributed by atoms with Crippen molar-refractivity contribution in [2.24, 2.45) is 0 Å². The number of rotatable bonds is 7. The van der Waals surface area contributed by atoms with E-state index in [2.05, 4.69) is 31.7 Å². The van der Waals surface area contributed by atoms with Crippen LogP contribution in [-0.2, 0) is 24.4 Å². The largest absolute Gasteiger partial charge is 0.496 e. The van der Waals surface area contributed by atoms with Crippen molar-refractivity contribution in [2.75, 3.05) is 14.2 Å². The summed E-state index contributed by atoms with van der Waals surface area (Å²) in [5.74, 6) is -0.466. The number of carbonyl (C=O) groups excluding carboxylic acids is 3. The Hall–Kier alpha value is -3.66. The minimum Gasteiger partial charge on any atom is -0.496 e. The van der Waals surface area contributed by atoms with Crippen molar-refractivity contribution < 1.29 is 19.1 Å². The molecule has 9 nitrogen and oxygen atoms in total. The first-order valence-electron chi connectivity index (χ1n) is 11.0. The highest BCUT2D eigenvalue weighted by Crippen LogP contribution is 2.27. The van der Waals surface area contributed by atoms with Gasteiger partial charge in [0.05, 0.1) is 13.7 Å². The molecule has 0 unspecified atom stereocenters. The summed E-state index contributed by atoms with van der Waals surface area (Å²) in [5.41, 5.74) is 0.936. The van der Waals surface area contributed by atoms with E-state index in [0.29, 0.717) is 12.3 Å². The molecule has 0 saturated carbocycles. The lowest BCUT2D eigenvalue weighted by atomic mass is 9.96. The number of likely N-dealkylation sites (N-methyl/N-ethyl adjacent to an activating group) is 1. The van der Waals surface area contributed by atoms with E-state index >= 15 is 0 Å². The van der Waals surface area contributed by atoms with Gasteiger partial charge in [0.1, 0.15) is 17.0 Å². The van der Waals surface area contributed by atoms with Crippen LogP contribution >= 0.6 is 15.9 Å². The summed E-state index contributed by atoms with van der Waals surface area (Å²) in [6.07, 6.45) is 0. The number of methoxy groups -OCH3 is 1. The van der Waals surface area contributed by atoms with Gasteiger partial charge in [-0.25, -0.2) is 0 Å². The highest BCUT2D eigenvalue weighted by Gasteiger charge is 2.46. The number of hydrogen-bond donors (Lipinski definition) is 2. The van der Waals surface area contributed by atoms with E-state index in [4.69, 9.17) is 4.74 Å². The molecule has 3 aromatic rings. The molecule has 1 aliphatic rings. The summed E-state index contributed by atoms with van der Waals surface area (Å²) in [6, 6.07) is 16.5. The SMILES string of the molecule is COc1ccc(Br)cc1CNC(=O)c1cc2n(n1)C[C@](C)(C(=O)NCc1ccccc1)N(C)C2=O. The van der Waals surface area contributed by atoms with E-state index in [0.717, 1.165) is 15.6 Å². The number of halogens is 1. The second-order valence-electron chi connectivity index (χ2n) is 8.52. The first-order chi connectivity index (χ1) is 16.7. The van der Waals surface area contributed by atoms with Gasteiger partial charge in [0, 0.05) is 36.2 Å². The van der Waals surface area contributed by atoms with Gasteiger partial charge in [0.25, 0.3) is 11.8 Å². The first kappa shape index (κ1) is 24.5. The normalized spacial score (nSPS) is 17.0. The first-order valence-corrected chi connectivity index (χ1v) is 11.8. The van der Waals surface area contributed by atoms with Crippen LogP contribution in [-0.4, -0.2) is 52.1 Å². The predicted molar refractivity (Wildman–Crippen MR) is 133 cm³/mol. The average Bonchev–Trinajstić information content (AvgIpc) is 3.29. The fraction of sp³-hybridized carbons (Fsp3) is 0.280. The Morgan fingerprint density at radius 1 is 1.11 bits per heavy atom. The Morgan fingerprint density at radius 2 is 1.86 bits per heavy atom. The summed E-state index contributed by atoms with van der Waals surface area (Å²) < 4.78 is 7.63. The van der Waals surface area contributed by atoms with Gasteiger partial charge >= 0.3 is 0 Å². The lowest BCUT2D eigenvalue weighted by Crippen LogP contribution is -2.62. The molecule has 0 fully saturated rings. The fourth-order valence-electron chi connectivity index (χ4n) is 3.96. The van der Waals surface area contributed by atoms with Crippen molar-refractivity contribution in [1.82, 2.24) is 25.3 Å². The summed E-state index contributed by atoms with van der Waals surface area (Å²) in [4.78, 5) is 40.4. The van der Waals surface area contributed by atoms with Gasteiger partial charge in [-0.3, -0.25) is 19.1 Å². The molecule has 0 radical (unpaired) electrons. The maximum atomic E-state index is 13.1. The van der Waals surface area contributed by atoms with E-state index < -0.39 is 11.4 Å². The molecular weight excluding hydrogens is 514 g/mol. The summed E-state index contributed by atoms with van der Waals surface area (Å²) in [6.45, 7) is 2.38. The van der Waals surface area contributed by atoms with Gasteiger partial charge in [-0.1, -0.05) is 46.3 Å². The molecule has 2 heterocycles. The highest BCUT2D eigenvalue weighted by atomic mass is 79.9. The highest BCUT2D eigenvalue weighted by molar-refractivity contribution is 9.10. The number of nitrogens with one attached hydrogen (secondary N) is 2. The van der Waals surface area contributed by atoms with Crippen LogP contribution in [0.3, 0.4) is 0 Å². The topological polar surface area (TPSA) is 106 Å². The predicted octanol–water partition coefficient (Wildman–Crippen LogP) is 2.74. The number of aromatic nitrogens is 2. The van der Waals surface area contributed by atoms with Gasteiger partial charge in [-0.2, -0.15) is 5.10 Å². The standard InChI is InChI=1S/C25H26BrN5O4/c1-25(24(34)28-13-16-7-5-4-6-8-16)15-31-20(23(33)30(25)2)12-19(29-31)22(32)27-14-17-11-18(26)9-10-21(17)35-3/h4-12H,13-15H2,1-3H3,(H,27,32)(H,28,34)/t25-/m1/s1. The van der Waals surface area contributed by atoms with Crippen LogP contribution in [0.1, 0.15) is 39.0 Å². The number of ether oxygens (including phenoxy) is 1. The Kier molecular flexibility index (Phi) is 6.93. The summed E-state index contributed by atoms with van der Waals surface area (Å²) >= 11 is 3.42. The van der Waals surface area contributed by atoms with Gasteiger partial charge in [0.15, 0.2) is 5.69 Å². The minimum atomic E-state index is -1.16. The lowest BCUT2D eigenvalue weighted by molar-refractivity contribution is -0.132. The fourth-order valence-corrected chi connectivity index (χ4v) is 4.37. The van der Waals surface area contributed by atoms with Crippen molar-refractivity contribution in [3.05, 3.63) is 81.6 Å². The number of carbonyl (C=O) groups is 3. The van der Waals surface area contributed by atoms with Crippen molar-refractivity contribution in [3.63, 3.8) is 0 Å². The molecule has 3 amide bonds. The Balaban J connectivity index is 1.48. The molecule has 0 spiro atoms. The van der Waals surface area contributed by atoms with Gasteiger partial charge < -0.3 is 20.3 Å². The van der Waals surface area contributed by atoms with Gasteiger partial charge in [-0.15, -0.1) is 0 Å². The smallest absolute Gasteiger partial charge is 0.272 e. The zero-order valence-corrected chi connectivity index (χ0v) is 21.3. The average molecular weight is 540 g/mol.